The molecule has 1 saturated carbocycles. The van der Waals surface area contributed by atoms with Gasteiger partial charge in [-0.05, 0) is 42.7 Å². The minimum atomic E-state index is -0.678. The van der Waals surface area contributed by atoms with Crippen LogP contribution in [-0.4, -0.2) is 29.6 Å². The molecular formula is C18H24ClNO4. The molecule has 0 unspecified atom stereocenters. The molecule has 0 radical (unpaired) electrons. The van der Waals surface area contributed by atoms with Crippen molar-refractivity contribution in [2.45, 2.75) is 46.1 Å². The van der Waals surface area contributed by atoms with Gasteiger partial charge in [0.25, 0.3) is 0 Å². The average molecular weight is 354 g/mol. The molecule has 24 heavy (non-hydrogen) atoms. The minimum absolute atomic E-state index is 0.0526. The summed E-state index contributed by atoms with van der Waals surface area (Å²) in [5.41, 5.74) is 0.137. The molecule has 1 fully saturated rings. The van der Waals surface area contributed by atoms with Crippen LogP contribution in [-0.2, 0) is 14.3 Å². The molecule has 5 nitrogen and oxygen atoms in total. The Hall–Kier alpha value is -1.62. The summed E-state index contributed by atoms with van der Waals surface area (Å²) in [4.78, 5) is 27.8. The molecule has 6 heteroatoms. The molecule has 0 N–H and O–H groups in total. The standard InChI is InChI=1S/C18H24ClNO4/c1-11(2)13-7-6-12(3)9-15(13)24-16(21)10-23-18(22)14-5-4-8-20-17(14)19/h4-5,8,11-13,15H,6-7,9-10H2,1-3H3/t12-,13-,15-/m1/s1. The largest absolute Gasteiger partial charge is 0.460 e. The van der Waals surface area contributed by atoms with Gasteiger partial charge in [0.15, 0.2) is 6.61 Å². The van der Waals surface area contributed by atoms with E-state index in [-0.39, 0.29) is 16.8 Å². The first-order valence-electron chi connectivity index (χ1n) is 8.35. The zero-order valence-electron chi connectivity index (χ0n) is 14.3. The van der Waals surface area contributed by atoms with Crippen LogP contribution in [0.2, 0.25) is 5.15 Å². The fraction of sp³-hybridized carbons (Fsp3) is 0.611. The predicted molar refractivity (Wildman–Crippen MR) is 90.8 cm³/mol. The molecule has 0 spiro atoms. The number of hydrogen-bond donors (Lipinski definition) is 0. The monoisotopic (exact) mass is 353 g/mol. The van der Waals surface area contributed by atoms with E-state index in [1.807, 2.05) is 0 Å². The second kappa shape index (κ2) is 8.47. The highest BCUT2D eigenvalue weighted by atomic mass is 35.5. The molecule has 0 aliphatic heterocycles. The Balaban J connectivity index is 1.88. The summed E-state index contributed by atoms with van der Waals surface area (Å²) in [6, 6.07) is 3.08. The second-order valence-electron chi connectivity index (χ2n) is 6.77. The maximum atomic E-state index is 12.1. The number of ether oxygens (including phenoxy) is 2. The Labute approximate surface area is 147 Å². The van der Waals surface area contributed by atoms with Crippen LogP contribution < -0.4 is 0 Å². The van der Waals surface area contributed by atoms with Crippen molar-refractivity contribution in [1.29, 1.82) is 0 Å². The van der Waals surface area contributed by atoms with Gasteiger partial charge >= 0.3 is 11.9 Å². The van der Waals surface area contributed by atoms with Crippen LogP contribution in [0.25, 0.3) is 0 Å². The fourth-order valence-corrected chi connectivity index (χ4v) is 3.39. The lowest BCUT2D eigenvalue weighted by Gasteiger charge is -2.36. The van der Waals surface area contributed by atoms with Gasteiger partial charge in [0.2, 0.25) is 0 Å². The molecule has 0 bridgehead atoms. The summed E-state index contributed by atoms with van der Waals surface area (Å²) in [5, 5.41) is 0.0526. The van der Waals surface area contributed by atoms with Crippen LogP contribution in [0.5, 0.6) is 0 Å². The lowest BCUT2D eigenvalue weighted by Crippen LogP contribution is -2.36. The van der Waals surface area contributed by atoms with Gasteiger partial charge in [0.1, 0.15) is 11.3 Å². The quantitative estimate of drug-likeness (QED) is 0.593. The van der Waals surface area contributed by atoms with Crippen LogP contribution in [0.1, 0.15) is 50.4 Å². The topological polar surface area (TPSA) is 65.5 Å². The second-order valence-corrected chi connectivity index (χ2v) is 7.13. The predicted octanol–water partition coefficient (Wildman–Crippen LogP) is 3.90. The number of pyridine rings is 1. The minimum Gasteiger partial charge on any atom is -0.460 e. The van der Waals surface area contributed by atoms with E-state index in [0.29, 0.717) is 17.8 Å². The highest BCUT2D eigenvalue weighted by molar-refractivity contribution is 6.32. The normalized spacial score (nSPS) is 23.8. The number of esters is 2. The van der Waals surface area contributed by atoms with Crippen LogP contribution in [0, 0.1) is 17.8 Å². The number of rotatable bonds is 5. The molecule has 1 aromatic heterocycles. The van der Waals surface area contributed by atoms with Crippen molar-refractivity contribution in [2.24, 2.45) is 17.8 Å². The Morgan fingerprint density at radius 3 is 2.79 bits per heavy atom. The molecule has 1 heterocycles. The highest BCUT2D eigenvalue weighted by Crippen LogP contribution is 2.35. The third-order valence-corrected chi connectivity index (χ3v) is 4.85. The van der Waals surface area contributed by atoms with E-state index in [0.717, 1.165) is 19.3 Å². The third kappa shape index (κ3) is 4.94. The Kier molecular flexibility index (Phi) is 6.60. The number of halogens is 1. The molecule has 0 saturated heterocycles. The van der Waals surface area contributed by atoms with Crippen molar-refractivity contribution >= 4 is 23.5 Å². The summed E-state index contributed by atoms with van der Waals surface area (Å²) in [6.45, 7) is 6.04. The average Bonchev–Trinajstić information content (AvgIpc) is 2.53. The van der Waals surface area contributed by atoms with Crippen LogP contribution in [0.4, 0.5) is 0 Å². The van der Waals surface area contributed by atoms with E-state index >= 15 is 0 Å². The maximum Gasteiger partial charge on any atom is 0.344 e. The first-order valence-corrected chi connectivity index (χ1v) is 8.73. The lowest BCUT2D eigenvalue weighted by molar-refractivity contribution is -0.159. The summed E-state index contributed by atoms with van der Waals surface area (Å²) >= 11 is 5.83. The molecule has 2 rings (SSSR count). The number of carbonyl (C=O) groups is 2. The van der Waals surface area contributed by atoms with Gasteiger partial charge in [-0.15, -0.1) is 0 Å². The molecular weight excluding hydrogens is 330 g/mol. The summed E-state index contributed by atoms with van der Waals surface area (Å²) < 4.78 is 10.6. The smallest absolute Gasteiger partial charge is 0.344 e. The van der Waals surface area contributed by atoms with Gasteiger partial charge in [-0.25, -0.2) is 14.6 Å². The fourth-order valence-electron chi connectivity index (χ4n) is 3.19. The van der Waals surface area contributed by atoms with E-state index in [9.17, 15) is 9.59 Å². The number of carbonyl (C=O) groups excluding carboxylic acids is 2. The SMILES string of the molecule is CC(C)[C@H]1CC[C@@H](C)C[C@H]1OC(=O)COC(=O)c1cccnc1Cl. The molecule has 132 valence electrons. The summed E-state index contributed by atoms with van der Waals surface area (Å²) in [6.07, 6.45) is 4.44. The van der Waals surface area contributed by atoms with Crippen molar-refractivity contribution in [3.8, 4) is 0 Å². The van der Waals surface area contributed by atoms with Gasteiger partial charge < -0.3 is 9.47 Å². The van der Waals surface area contributed by atoms with Crippen molar-refractivity contribution in [3.05, 3.63) is 29.0 Å². The van der Waals surface area contributed by atoms with E-state index in [4.69, 9.17) is 21.1 Å². The third-order valence-electron chi connectivity index (χ3n) is 4.54. The highest BCUT2D eigenvalue weighted by Gasteiger charge is 2.33. The zero-order valence-corrected chi connectivity index (χ0v) is 15.1. The number of aromatic nitrogens is 1. The Morgan fingerprint density at radius 1 is 1.38 bits per heavy atom. The molecule has 3 atom stereocenters. The number of hydrogen-bond acceptors (Lipinski definition) is 5. The van der Waals surface area contributed by atoms with Crippen LogP contribution in [0.15, 0.2) is 18.3 Å². The van der Waals surface area contributed by atoms with E-state index < -0.39 is 18.5 Å². The zero-order chi connectivity index (χ0) is 17.7. The van der Waals surface area contributed by atoms with Gasteiger partial charge in [0, 0.05) is 6.20 Å². The summed E-state index contributed by atoms with van der Waals surface area (Å²) in [5.74, 6) is 0.144. The molecule has 1 aromatic rings. The number of nitrogens with zero attached hydrogens (tertiary/aromatic N) is 1. The Bertz CT molecular complexity index is 590. The van der Waals surface area contributed by atoms with E-state index in [1.54, 1.807) is 6.07 Å². The first kappa shape index (κ1) is 18.7. The maximum absolute atomic E-state index is 12.1. The Morgan fingerprint density at radius 2 is 2.12 bits per heavy atom. The van der Waals surface area contributed by atoms with E-state index in [2.05, 4.69) is 25.8 Å². The van der Waals surface area contributed by atoms with Crippen LogP contribution >= 0.6 is 11.6 Å². The van der Waals surface area contributed by atoms with Gasteiger partial charge in [-0.2, -0.15) is 0 Å². The molecule has 1 aliphatic rings. The van der Waals surface area contributed by atoms with Gasteiger partial charge in [-0.3, -0.25) is 0 Å². The van der Waals surface area contributed by atoms with Crippen molar-refractivity contribution < 1.29 is 19.1 Å². The van der Waals surface area contributed by atoms with Crippen molar-refractivity contribution in [1.82, 2.24) is 4.98 Å². The van der Waals surface area contributed by atoms with Crippen LogP contribution in [0.3, 0.4) is 0 Å². The van der Waals surface area contributed by atoms with E-state index in [1.165, 1.54) is 12.3 Å². The van der Waals surface area contributed by atoms with Crippen molar-refractivity contribution in [3.63, 3.8) is 0 Å². The molecule has 1 aliphatic carbocycles. The molecule has 0 aromatic carbocycles. The van der Waals surface area contributed by atoms with Crippen molar-refractivity contribution in [2.75, 3.05) is 6.61 Å². The molecule has 0 amide bonds. The van der Waals surface area contributed by atoms with Gasteiger partial charge in [-0.1, -0.05) is 38.8 Å². The summed E-state index contributed by atoms with van der Waals surface area (Å²) in [7, 11) is 0. The lowest BCUT2D eigenvalue weighted by atomic mass is 9.75. The first-order chi connectivity index (χ1) is 11.4. The van der Waals surface area contributed by atoms with Gasteiger partial charge in [0.05, 0.1) is 5.56 Å².